The van der Waals surface area contributed by atoms with Gasteiger partial charge in [0.25, 0.3) is 0 Å². The average molecular weight is 229 g/mol. The summed E-state index contributed by atoms with van der Waals surface area (Å²) in [5.74, 6) is 0. The van der Waals surface area contributed by atoms with Crippen LogP contribution in [0, 0.1) is 0 Å². The smallest absolute Gasteiger partial charge is 0.469 e. The van der Waals surface area contributed by atoms with Crippen LogP contribution in [0.4, 0.5) is 0 Å². The van der Waals surface area contributed by atoms with Crippen LogP contribution in [0.15, 0.2) is 0 Å². The van der Waals surface area contributed by atoms with Gasteiger partial charge in [-0.1, -0.05) is 6.82 Å². The molecule has 0 N–H and O–H groups in total. The minimum Gasteiger partial charge on any atom is -0.510 e. The number of hydrogen-bond donors (Lipinski definition) is 0. The summed E-state index contributed by atoms with van der Waals surface area (Å²) in [6.45, 7) is 7.63. The molecule has 0 radical (unpaired) electrons. The van der Waals surface area contributed by atoms with E-state index in [0.29, 0.717) is 0 Å². The molecule has 2 heterocycles. The van der Waals surface area contributed by atoms with Gasteiger partial charge >= 0.3 is 6.69 Å². The zero-order valence-electron chi connectivity index (χ0n) is 11.2. The normalized spacial score (nSPS) is 39.0. The molecule has 5 heteroatoms. The van der Waals surface area contributed by atoms with Crippen molar-refractivity contribution in [1.29, 1.82) is 0 Å². The van der Waals surface area contributed by atoms with E-state index in [-0.39, 0.29) is 0 Å². The van der Waals surface area contributed by atoms with Gasteiger partial charge in [-0.25, -0.2) is 0 Å². The lowest BCUT2D eigenvalue weighted by molar-refractivity contribution is -0.877. The second kappa shape index (κ2) is 3.98. The fourth-order valence-corrected chi connectivity index (χ4v) is 3.17. The summed E-state index contributed by atoms with van der Waals surface area (Å²) in [5.41, 5.74) is 0. The highest BCUT2D eigenvalue weighted by Gasteiger charge is 2.54. The number of fused-ring (bicyclic) bond motifs is 1. The van der Waals surface area contributed by atoms with Crippen LogP contribution in [-0.4, -0.2) is 76.1 Å². The van der Waals surface area contributed by atoms with Crippen LogP contribution in [0.3, 0.4) is 0 Å². The van der Waals surface area contributed by atoms with E-state index in [2.05, 4.69) is 28.0 Å². The Balaban J connectivity index is 1.93. The van der Waals surface area contributed by atoms with E-state index in [9.17, 15) is 0 Å². The molecule has 0 aromatic heterocycles. The zero-order chi connectivity index (χ0) is 11.9. The van der Waals surface area contributed by atoms with Gasteiger partial charge in [-0.2, -0.15) is 0 Å². The molecule has 0 unspecified atom stereocenters. The standard InChI is InChI=1S/C11H26BN2O2/c1-12-14(8-10-15-12,9-11-16-12)7-5-6-13(2,3)4/h5-11H2,1-4H3/q+1. The largest absolute Gasteiger partial charge is 0.510 e. The van der Waals surface area contributed by atoms with E-state index in [1.807, 2.05) is 0 Å². The summed E-state index contributed by atoms with van der Waals surface area (Å²) in [7, 11) is 6.77. The molecule has 4 nitrogen and oxygen atoms in total. The molecule has 0 amide bonds. The summed E-state index contributed by atoms with van der Waals surface area (Å²) >= 11 is 0. The third kappa shape index (κ3) is 2.14. The number of rotatable bonds is 4. The molecule has 2 aliphatic heterocycles. The summed E-state index contributed by atoms with van der Waals surface area (Å²) < 4.78 is 13.8. The second-order valence-electron chi connectivity index (χ2n) is 6.54. The van der Waals surface area contributed by atoms with Gasteiger partial charge in [0.2, 0.25) is 0 Å². The molecule has 2 saturated heterocycles. The van der Waals surface area contributed by atoms with E-state index in [0.717, 1.165) is 35.2 Å². The lowest BCUT2D eigenvalue weighted by atomic mass is 9.71. The Kier molecular flexibility index (Phi) is 3.08. The Morgan fingerprint density at radius 1 is 1.12 bits per heavy atom. The Hall–Kier alpha value is -0.0951. The first-order chi connectivity index (χ1) is 7.37. The van der Waals surface area contributed by atoms with E-state index in [1.165, 1.54) is 19.5 Å². The number of hydrogen-bond acceptors (Lipinski definition) is 2. The lowest BCUT2D eigenvalue weighted by Gasteiger charge is -2.45. The van der Waals surface area contributed by atoms with Crippen molar-refractivity contribution in [3.05, 3.63) is 0 Å². The quantitative estimate of drug-likeness (QED) is 0.517. The van der Waals surface area contributed by atoms with Crippen molar-refractivity contribution in [3.8, 4) is 0 Å². The average Bonchev–Trinajstić information content (AvgIpc) is 2.55. The van der Waals surface area contributed by atoms with Crippen molar-refractivity contribution in [2.75, 3.05) is 60.5 Å². The predicted octanol–water partition coefficient (Wildman–Crippen LogP) is 0.529. The van der Waals surface area contributed by atoms with Gasteiger partial charge in [0.15, 0.2) is 0 Å². The topological polar surface area (TPSA) is 18.5 Å². The van der Waals surface area contributed by atoms with Crippen LogP contribution >= 0.6 is 0 Å². The van der Waals surface area contributed by atoms with E-state index < -0.39 is 6.69 Å². The Morgan fingerprint density at radius 3 is 2.19 bits per heavy atom. The monoisotopic (exact) mass is 229 g/mol. The van der Waals surface area contributed by atoms with Gasteiger partial charge in [-0.05, 0) is 0 Å². The second-order valence-corrected chi connectivity index (χ2v) is 6.54. The third-order valence-electron chi connectivity index (χ3n) is 4.35. The summed E-state index contributed by atoms with van der Waals surface area (Å²) in [6.07, 6.45) is 1.26. The van der Waals surface area contributed by atoms with Crippen molar-refractivity contribution in [2.24, 2.45) is 0 Å². The molecular formula is C11H26BN2O2+. The SMILES string of the molecule is C[B-]12OCC[N+]1(CCC[N+](C)(C)C)CCO2. The van der Waals surface area contributed by atoms with E-state index in [1.54, 1.807) is 0 Å². The van der Waals surface area contributed by atoms with Crippen LogP contribution in [0.2, 0.25) is 6.82 Å². The summed E-state index contributed by atoms with van der Waals surface area (Å²) in [4.78, 5) is 0. The molecule has 0 spiro atoms. The van der Waals surface area contributed by atoms with Crippen LogP contribution in [-0.2, 0) is 9.31 Å². The molecule has 2 rings (SSSR count). The molecule has 0 aliphatic carbocycles. The predicted molar refractivity (Wildman–Crippen MR) is 65.9 cm³/mol. The lowest BCUT2D eigenvalue weighted by Crippen LogP contribution is -2.61. The number of quaternary nitrogens is 2. The molecule has 2 fully saturated rings. The van der Waals surface area contributed by atoms with Gasteiger partial charge in [0, 0.05) is 13.0 Å². The highest BCUT2D eigenvalue weighted by Crippen LogP contribution is 2.34. The van der Waals surface area contributed by atoms with Crippen molar-refractivity contribution >= 4 is 6.69 Å². The van der Waals surface area contributed by atoms with Gasteiger partial charge in [-0.3, -0.25) is 0 Å². The minimum atomic E-state index is -1.03. The van der Waals surface area contributed by atoms with E-state index >= 15 is 0 Å². The maximum Gasteiger partial charge on any atom is 0.469 e. The molecule has 0 aromatic carbocycles. The molecule has 0 bridgehead atoms. The molecule has 0 aromatic rings. The highest BCUT2D eigenvalue weighted by atomic mass is 16.6. The minimum absolute atomic E-state index is 0.876. The molecule has 16 heavy (non-hydrogen) atoms. The maximum atomic E-state index is 5.86. The molecule has 2 aliphatic rings. The fraction of sp³-hybridized carbons (Fsp3) is 1.00. The van der Waals surface area contributed by atoms with Gasteiger partial charge < -0.3 is 18.2 Å². The van der Waals surface area contributed by atoms with Gasteiger partial charge in [0.05, 0.1) is 54.0 Å². The molecular weight excluding hydrogens is 203 g/mol. The molecule has 0 saturated carbocycles. The summed E-state index contributed by atoms with van der Waals surface area (Å²) in [5, 5.41) is 0. The van der Waals surface area contributed by atoms with Crippen LogP contribution in [0.1, 0.15) is 6.42 Å². The van der Waals surface area contributed by atoms with Crippen molar-refractivity contribution < 1.29 is 18.2 Å². The highest BCUT2D eigenvalue weighted by molar-refractivity contribution is 6.59. The number of nitrogens with zero attached hydrogens (tertiary/aromatic N) is 2. The van der Waals surface area contributed by atoms with Crippen molar-refractivity contribution in [3.63, 3.8) is 0 Å². The van der Waals surface area contributed by atoms with Crippen LogP contribution in [0.25, 0.3) is 0 Å². The molecule has 94 valence electrons. The van der Waals surface area contributed by atoms with Crippen LogP contribution in [0.5, 0.6) is 0 Å². The van der Waals surface area contributed by atoms with E-state index in [4.69, 9.17) is 9.31 Å². The van der Waals surface area contributed by atoms with Gasteiger partial charge in [-0.15, -0.1) is 0 Å². The zero-order valence-corrected chi connectivity index (χ0v) is 11.2. The van der Waals surface area contributed by atoms with Gasteiger partial charge in [0.1, 0.15) is 0 Å². The van der Waals surface area contributed by atoms with Crippen molar-refractivity contribution in [2.45, 2.75) is 13.2 Å². The van der Waals surface area contributed by atoms with Crippen LogP contribution < -0.4 is 0 Å². The summed E-state index contributed by atoms with van der Waals surface area (Å²) in [6, 6.07) is 0. The Labute approximate surface area is 99.3 Å². The first-order valence-corrected chi connectivity index (χ1v) is 6.49. The first kappa shape index (κ1) is 12.4. The Bertz CT molecular complexity index is 255. The third-order valence-corrected chi connectivity index (χ3v) is 4.35. The first-order valence-electron chi connectivity index (χ1n) is 6.49. The Morgan fingerprint density at radius 2 is 1.69 bits per heavy atom. The maximum absolute atomic E-state index is 5.86. The van der Waals surface area contributed by atoms with Crippen molar-refractivity contribution in [1.82, 2.24) is 0 Å². The fourth-order valence-electron chi connectivity index (χ4n) is 3.17. The molecule has 0 atom stereocenters.